The molecule has 0 atom stereocenters. The molecule has 0 aliphatic carbocycles. The van der Waals surface area contributed by atoms with E-state index in [1.807, 2.05) is 18.5 Å². The van der Waals surface area contributed by atoms with E-state index in [-0.39, 0.29) is 0 Å². The van der Waals surface area contributed by atoms with Crippen LogP contribution in [0.15, 0.2) is 36.7 Å². The van der Waals surface area contributed by atoms with Gasteiger partial charge in [0.1, 0.15) is 0 Å². The van der Waals surface area contributed by atoms with Gasteiger partial charge in [0.2, 0.25) is 0 Å². The summed E-state index contributed by atoms with van der Waals surface area (Å²) in [4.78, 5) is 4.15. The van der Waals surface area contributed by atoms with Gasteiger partial charge in [0.25, 0.3) is 0 Å². The van der Waals surface area contributed by atoms with Crippen LogP contribution in [0.4, 0.5) is 0 Å². The number of pyridine rings is 1. The molecule has 2 heterocycles. The number of aryl methyl sites for hydroxylation is 1. The van der Waals surface area contributed by atoms with E-state index in [0.717, 1.165) is 0 Å². The molecule has 0 saturated heterocycles. The van der Waals surface area contributed by atoms with Crippen LogP contribution >= 0.6 is 0 Å². The molecular weight excluding hydrogens is 198 g/mol. The van der Waals surface area contributed by atoms with Gasteiger partial charge in [-0.1, -0.05) is 37.2 Å². The highest BCUT2D eigenvalue weighted by molar-refractivity contribution is 6.80. The lowest BCUT2D eigenvalue weighted by molar-refractivity contribution is 0.891. The quantitative estimate of drug-likeness (QED) is 0.554. The zero-order valence-electron chi connectivity index (χ0n) is 9.45. The second kappa shape index (κ2) is 4.75. The van der Waals surface area contributed by atoms with Crippen molar-refractivity contribution in [3.8, 4) is 0 Å². The molecule has 0 N–H and O–H groups in total. The molecule has 1 aromatic heterocycles. The first-order chi connectivity index (χ1) is 7.29. The highest BCUT2D eigenvalue weighted by Crippen LogP contribution is 2.29. The Hall–Kier alpha value is -0.893. The van der Waals surface area contributed by atoms with Gasteiger partial charge in [-0.2, -0.15) is 0 Å². The molecule has 1 aliphatic rings. The molecule has 1 nitrogen and oxygen atoms in total. The van der Waals surface area contributed by atoms with E-state index in [1.54, 1.807) is 0 Å². The summed E-state index contributed by atoms with van der Waals surface area (Å²) >= 11 is 0. The van der Waals surface area contributed by atoms with Gasteiger partial charge in [-0.05, 0) is 30.1 Å². The van der Waals surface area contributed by atoms with E-state index >= 15 is 0 Å². The fraction of sp³-hybridized carbons (Fsp3) is 0.462. The zero-order valence-corrected chi connectivity index (χ0v) is 10.4. The average Bonchev–Trinajstić information content (AvgIpc) is 2.67. The summed E-state index contributed by atoms with van der Waals surface area (Å²) in [7, 11) is -0.872. The fourth-order valence-corrected chi connectivity index (χ4v) is 5.37. The van der Waals surface area contributed by atoms with Crippen LogP contribution in [0.2, 0.25) is 24.7 Å². The lowest BCUT2D eigenvalue weighted by Gasteiger charge is -2.20. The Balaban J connectivity index is 1.76. The number of aromatic nitrogens is 1. The van der Waals surface area contributed by atoms with Gasteiger partial charge in [0.15, 0.2) is 0 Å². The van der Waals surface area contributed by atoms with Crippen molar-refractivity contribution in [2.75, 3.05) is 0 Å². The summed E-state index contributed by atoms with van der Waals surface area (Å²) in [6, 6.07) is 8.49. The lowest BCUT2D eigenvalue weighted by atomic mass is 10.2. The molecule has 1 aromatic rings. The molecule has 0 fully saturated rings. The van der Waals surface area contributed by atoms with E-state index in [4.69, 9.17) is 0 Å². The Morgan fingerprint density at radius 3 is 2.80 bits per heavy atom. The van der Waals surface area contributed by atoms with Crippen molar-refractivity contribution in [3.05, 3.63) is 42.2 Å². The molecule has 0 saturated carbocycles. The molecule has 2 heteroatoms. The number of allylic oxidation sites excluding steroid dienone is 2. The maximum absolute atomic E-state index is 4.15. The minimum absolute atomic E-state index is 0.872. The van der Waals surface area contributed by atoms with Crippen molar-refractivity contribution < 1.29 is 0 Å². The third kappa shape index (κ3) is 3.03. The minimum atomic E-state index is -0.872. The Bertz CT molecular complexity index is 324. The molecule has 0 aromatic carbocycles. The van der Waals surface area contributed by atoms with Crippen molar-refractivity contribution >= 4 is 8.07 Å². The molecule has 0 spiro atoms. The molecule has 0 unspecified atom stereocenters. The summed E-state index contributed by atoms with van der Waals surface area (Å²) in [5.41, 5.74) is 1.39. The van der Waals surface area contributed by atoms with Crippen LogP contribution in [0.5, 0.6) is 0 Å². The van der Waals surface area contributed by atoms with E-state index in [0.29, 0.717) is 0 Å². The lowest BCUT2D eigenvalue weighted by Crippen LogP contribution is -2.25. The number of rotatable bonds is 4. The molecule has 0 amide bonds. The van der Waals surface area contributed by atoms with E-state index in [9.17, 15) is 0 Å². The Morgan fingerprint density at radius 1 is 1.33 bits per heavy atom. The Kier molecular flexibility index (Phi) is 3.36. The normalized spacial score (nSPS) is 18.2. The standard InChI is InChI=1S/C13H19NSi/c1-15(9-2-3-10-15)11-5-7-13-6-4-8-14-12-13/h2-4,6,8,12H,5,7,9-11H2,1H3. The number of hydrogen-bond acceptors (Lipinski definition) is 1. The monoisotopic (exact) mass is 217 g/mol. The minimum Gasteiger partial charge on any atom is -0.264 e. The topological polar surface area (TPSA) is 12.9 Å². The summed E-state index contributed by atoms with van der Waals surface area (Å²) < 4.78 is 0. The third-order valence-corrected chi connectivity index (χ3v) is 7.36. The van der Waals surface area contributed by atoms with Crippen LogP contribution in [0, 0.1) is 0 Å². The number of nitrogens with zero attached hydrogens (tertiary/aromatic N) is 1. The maximum atomic E-state index is 4.15. The van der Waals surface area contributed by atoms with E-state index in [1.165, 1.54) is 36.5 Å². The average molecular weight is 217 g/mol. The molecule has 80 valence electrons. The molecular formula is C13H19NSi. The summed E-state index contributed by atoms with van der Waals surface area (Å²) in [5.74, 6) is 0. The van der Waals surface area contributed by atoms with Gasteiger partial charge in [0.05, 0.1) is 8.07 Å². The van der Waals surface area contributed by atoms with Gasteiger partial charge < -0.3 is 0 Å². The largest absolute Gasteiger partial charge is 0.264 e. The summed E-state index contributed by atoms with van der Waals surface area (Å²) in [6.45, 7) is 2.54. The molecule has 1 aliphatic heterocycles. The van der Waals surface area contributed by atoms with Crippen LogP contribution in [-0.2, 0) is 6.42 Å². The van der Waals surface area contributed by atoms with Crippen molar-refractivity contribution in [2.45, 2.75) is 37.5 Å². The van der Waals surface area contributed by atoms with Crippen LogP contribution in [0.3, 0.4) is 0 Å². The van der Waals surface area contributed by atoms with Crippen molar-refractivity contribution in [3.63, 3.8) is 0 Å². The van der Waals surface area contributed by atoms with Crippen LogP contribution in [0.1, 0.15) is 12.0 Å². The Morgan fingerprint density at radius 2 is 2.13 bits per heavy atom. The van der Waals surface area contributed by atoms with E-state index < -0.39 is 8.07 Å². The summed E-state index contributed by atoms with van der Waals surface area (Å²) in [6.07, 6.45) is 11.2. The zero-order chi connectivity index (χ0) is 10.6. The predicted molar refractivity (Wildman–Crippen MR) is 67.7 cm³/mol. The first kappa shape index (κ1) is 10.6. The highest BCUT2D eigenvalue weighted by atomic mass is 28.3. The number of hydrogen-bond donors (Lipinski definition) is 0. The SMILES string of the molecule is C[Si]1(CCCc2cccnc2)CC=CC1. The smallest absolute Gasteiger partial charge is 0.0579 e. The van der Waals surface area contributed by atoms with Crippen LogP contribution in [-0.4, -0.2) is 13.1 Å². The third-order valence-electron chi connectivity index (χ3n) is 3.36. The molecule has 0 radical (unpaired) electrons. The Labute approximate surface area is 93.3 Å². The molecule has 15 heavy (non-hydrogen) atoms. The van der Waals surface area contributed by atoms with Gasteiger partial charge in [-0.15, -0.1) is 0 Å². The van der Waals surface area contributed by atoms with Crippen molar-refractivity contribution in [2.24, 2.45) is 0 Å². The fourth-order valence-electron chi connectivity index (χ4n) is 2.29. The van der Waals surface area contributed by atoms with Gasteiger partial charge in [-0.25, -0.2) is 0 Å². The molecule has 2 rings (SSSR count). The van der Waals surface area contributed by atoms with E-state index in [2.05, 4.69) is 29.7 Å². The predicted octanol–water partition coefficient (Wildman–Crippen LogP) is 3.66. The van der Waals surface area contributed by atoms with Crippen LogP contribution < -0.4 is 0 Å². The second-order valence-electron chi connectivity index (χ2n) is 4.91. The van der Waals surface area contributed by atoms with Crippen molar-refractivity contribution in [1.29, 1.82) is 0 Å². The maximum Gasteiger partial charge on any atom is 0.0579 e. The summed E-state index contributed by atoms with van der Waals surface area (Å²) in [5, 5.41) is 0. The van der Waals surface area contributed by atoms with Crippen molar-refractivity contribution in [1.82, 2.24) is 4.98 Å². The first-order valence-electron chi connectivity index (χ1n) is 5.82. The van der Waals surface area contributed by atoms with Gasteiger partial charge in [-0.3, -0.25) is 4.98 Å². The molecule has 0 bridgehead atoms. The van der Waals surface area contributed by atoms with Crippen LogP contribution in [0.25, 0.3) is 0 Å². The van der Waals surface area contributed by atoms with Gasteiger partial charge in [0, 0.05) is 12.4 Å². The van der Waals surface area contributed by atoms with Gasteiger partial charge >= 0.3 is 0 Å². The first-order valence-corrected chi connectivity index (χ1v) is 8.95. The highest BCUT2D eigenvalue weighted by Gasteiger charge is 2.26. The second-order valence-corrected chi connectivity index (χ2v) is 9.84.